The van der Waals surface area contributed by atoms with Gasteiger partial charge in [-0.25, -0.2) is 0 Å². The van der Waals surface area contributed by atoms with Gasteiger partial charge in [0, 0.05) is 31.9 Å². The van der Waals surface area contributed by atoms with Crippen LogP contribution in [0.1, 0.15) is 23.6 Å². The maximum atomic E-state index is 10.4. The van der Waals surface area contributed by atoms with Crippen molar-refractivity contribution in [2.75, 3.05) is 6.54 Å². The summed E-state index contributed by atoms with van der Waals surface area (Å²) < 4.78 is 1.70. The summed E-state index contributed by atoms with van der Waals surface area (Å²) in [5.74, 6) is 0. The minimum Gasteiger partial charge on any atom is -0.384 e. The number of hydrogen-bond acceptors (Lipinski definition) is 3. The summed E-state index contributed by atoms with van der Waals surface area (Å²) in [4.78, 5) is 0. The molecule has 0 fully saturated rings. The van der Waals surface area contributed by atoms with Gasteiger partial charge in [0.25, 0.3) is 0 Å². The van der Waals surface area contributed by atoms with Gasteiger partial charge in [-0.15, -0.1) is 0 Å². The van der Waals surface area contributed by atoms with Crippen molar-refractivity contribution in [3.05, 3.63) is 53.3 Å². The van der Waals surface area contributed by atoms with Gasteiger partial charge in [-0.05, 0) is 25.0 Å². The molecule has 0 saturated heterocycles. The molecule has 102 valence electrons. The van der Waals surface area contributed by atoms with Gasteiger partial charge < -0.3 is 10.4 Å². The lowest BCUT2D eigenvalue weighted by atomic mass is 9.99. The van der Waals surface area contributed by atoms with Crippen molar-refractivity contribution in [2.45, 2.75) is 26.0 Å². The molecule has 0 saturated carbocycles. The van der Waals surface area contributed by atoms with Crippen LogP contribution in [0.2, 0.25) is 0 Å². The zero-order valence-electron chi connectivity index (χ0n) is 11.7. The van der Waals surface area contributed by atoms with Gasteiger partial charge in [-0.1, -0.05) is 24.3 Å². The third-order valence-corrected chi connectivity index (χ3v) is 3.37. The summed E-state index contributed by atoms with van der Waals surface area (Å²) in [7, 11) is 1.85. The molecular formula is C15H21N3O. The molecule has 0 aliphatic rings. The van der Waals surface area contributed by atoms with E-state index in [1.54, 1.807) is 17.8 Å². The SMILES string of the molecule is Cc1ccccc1CNCC(C)(O)c1cnn(C)c1. The molecular weight excluding hydrogens is 238 g/mol. The Hall–Kier alpha value is -1.65. The van der Waals surface area contributed by atoms with E-state index in [1.165, 1.54) is 11.1 Å². The Kier molecular flexibility index (Phi) is 4.02. The number of aryl methyl sites for hydroxylation is 2. The standard InChI is InChI=1S/C15H21N3O/c1-12-6-4-5-7-13(12)8-16-11-15(2,19)14-9-17-18(3)10-14/h4-7,9-10,16,19H,8,11H2,1-3H3. The van der Waals surface area contributed by atoms with E-state index in [9.17, 15) is 5.11 Å². The van der Waals surface area contributed by atoms with E-state index in [4.69, 9.17) is 0 Å². The van der Waals surface area contributed by atoms with Crippen LogP contribution in [0, 0.1) is 6.92 Å². The molecule has 2 aromatic rings. The monoisotopic (exact) mass is 259 g/mol. The van der Waals surface area contributed by atoms with E-state index in [0.29, 0.717) is 6.54 Å². The average Bonchev–Trinajstić information content (AvgIpc) is 2.79. The molecule has 0 radical (unpaired) electrons. The van der Waals surface area contributed by atoms with E-state index in [1.807, 2.05) is 25.4 Å². The van der Waals surface area contributed by atoms with Crippen molar-refractivity contribution in [3.8, 4) is 0 Å². The zero-order valence-corrected chi connectivity index (χ0v) is 11.7. The molecule has 0 amide bonds. The van der Waals surface area contributed by atoms with Crippen molar-refractivity contribution >= 4 is 0 Å². The normalized spacial score (nSPS) is 14.3. The number of nitrogens with zero attached hydrogens (tertiary/aromatic N) is 2. The lowest BCUT2D eigenvalue weighted by molar-refractivity contribution is 0.0566. The Morgan fingerprint density at radius 1 is 1.37 bits per heavy atom. The van der Waals surface area contributed by atoms with Gasteiger partial charge >= 0.3 is 0 Å². The van der Waals surface area contributed by atoms with Gasteiger partial charge in [0.2, 0.25) is 0 Å². The van der Waals surface area contributed by atoms with Gasteiger partial charge in [0.15, 0.2) is 0 Å². The topological polar surface area (TPSA) is 50.1 Å². The highest BCUT2D eigenvalue weighted by atomic mass is 16.3. The van der Waals surface area contributed by atoms with Crippen LogP contribution in [0.5, 0.6) is 0 Å². The maximum Gasteiger partial charge on any atom is 0.102 e. The molecule has 0 aliphatic heterocycles. The second kappa shape index (κ2) is 5.55. The molecule has 1 aromatic carbocycles. The first-order chi connectivity index (χ1) is 8.99. The summed E-state index contributed by atoms with van der Waals surface area (Å²) >= 11 is 0. The molecule has 1 aromatic heterocycles. The van der Waals surface area contributed by atoms with Crippen molar-refractivity contribution in [2.24, 2.45) is 7.05 Å². The Morgan fingerprint density at radius 3 is 2.74 bits per heavy atom. The van der Waals surface area contributed by atoms with Crippen LogP contribution < -0.4 is 5.32 Å². The van der Waals surface area contributed by atoms with E-state index in [2.05, 4.69) is 29.5 Å². The summed E-state index contributed by atoms with van der Waals surface area (Å²) in [6, 6.07) is 8.26. The number of benzene rings is 1. The van der Waals surface area contributed by atoms with E-state index in [0.717, 1.165) is 12.1 Å². The fourth-order valence-corrected chi connectivity index (χ4v) is 2.05. The Labute approximate surface area is 114 Å². The van der Waals surface area contributed by atoms with Gasteiger partial charge in [-0.2, -0.15) is 5.10 Å². The fourth-order valence-electron chi connectivity index (χ4n) is 2.05. The number of rotatable bonds is 5. The Balaban J connectivity index is 1.94. The summed E-state index contributed by atoms with van der Waals surface area (Å²) in [5.41, 5.74) is 2.43. The number of aliphatic hydroxyl groups is 1. The molecule has 2 N–H and O–H groups in total. The van der Waals surface area contributed by atoms with E-state index < -0.39 is 5.60 Å². The van der Waals surface area contributed by atoms with Crippen LogP contribution >= 0.6 is 0 Å². The molecule has 2 rings (SSSR count). The highest BCUT2D eigenvalue weighted by Crippen LogP contribution is 2.18. The predicted octanol–water partition coefficient (Wildman–Crippen LogP) is 1.73. The van der Waals surface area contributed by atoms with Crippen LogP contribution in [-0.4, -0.2) is 21.4 Å². The molecule has 1 atom stereocenters. The smallest absolute Gasteiger partial charge is 0.102 e. The fraction of sp³-hybridized carbons (Fsp3) is 0.400. The second-order valence-corrected chi connectivity index (χ2v) is 5.21. The van der Waals surface area contributed by atoms with Crippen molar-refractivity contribution in [1.29, 1.82) is 0 Å². The van der Waals surface area contributed by atoms with Crippen molar-refractivity contribution in [3.63, 3.8) is 0 Å². The predicted molar refractivity (Wildman–Crippen MR) is 75.7 cm³/mol. The molecule has 0 spiro atoms. The summed E-state index contributed by atoms with van der Waals surface area (Å²) in [6.07, 6.45) is 3.55. The minimum absolute atomic E-state index is 0.493. The lowest BCUT2D eigenvalue weighted by Gasteiger charge is -2.22. The van der Waals surface area contributed by atoms with Gasteiger partial charge in [0.1, 0.15) is 5.60 Å². The molecule has 4 nitrogen and oxygen atoms in total. The first-order valence-corrected chi connectivity index (χ1v) is 6.46. The Bertz CT molecular complexity index is 546. The van der Waals surface area contributed by atoms with Crippen LogP contribution in [0.4, 0.5) is 0 Å². The molecule has 1 heterocycles. The quantitative estimate of drug-likeness (QED) is 0.859. The van der Waals surface area contributed by atoms with Crippen LogP contribution in [0.25, 0.3) is 0 Å². The molecule has 19 heavy (non-hydrogen) atoms. The zero-order chi connectivity index (χ0) is 13.9. The number of aromatic nitrogens is 2. The van der Waals surface area contributed by atoms with Crippen molar-refractivity contribution in [1.82, 2.24) is 15.1 Å². The molecule has 0 bridgehead atoms. The summed E-state index contributed by atoms with van der Waals surface area (Å²) in [6.45, 7) is 5.14. The van der Waals surface area contributed by atoms with Gasteiger partial charge in [-0.3, -0.25) is 4.68 Å². The number of hydrogen-bond donors (Lipinski definition) is 2. The Morgan fingerprint density at radius 2 is 2.11 bits per heavy atom. The lowest BCUT2D eigenvalue weighted by Crippen LogP contribution is -2.35. The first-order valence-electron chi connectivity index (χ1n) is 6.46. The largest absolute Gasteiger partial charge is 0.384 e. The molecule has 1 unspecified atom stereocenters. The van der Waals surface area contributed by atoms with Gasteiger partial charge in [0.05, 0.1) is 6.20 Å². The summed E-state index contributed by atoms with van der Waals surface area (Å²) in [5, 5.41) is 17.8. The average molecular weight is 259 g/mol. The van der Waals surface area contributed by atoms with Crippen molar-refractivity contribution < 1.29 is 5.11 Å². The molecule has 4 heteroatoms. The van der Waals surface area contributed by atoms with E-state index >= 15 is 0 Å². The number of nitrogens with one attached hydrogen (secondary N) is 1. The molecule has 0 aliphatic carbocycles. The minimum atomic E-state index is -0.906. The third kappa shape index (κ3) is 3.43. The maximum absolute atomic E-state index is 10.4. The van der Waals surface area contributed by atoms with E-state index in [-0.39, 0.29) is 0 Å². The highest BCUT2D eigenvalue weighted by molar-refractivity contribution is 5.25. The second-order valence-electron chi connectivity index (χ2n) is 5.21. The third-order valence-electron chi connectivity index (χ3n) is 3.37. The van der Waals surface area contributed by atoms with Crippen LogP contribution in [0.3, 0.4) is 0 Å². The van der Waals surface area contributed by atoms with Crippen LogP contribution in [-0.2, 0) is 19.2 Å². The van der Waals surface area contributed by atoms with Crippen LogP contribution in [0.15, 0.2) is 36.7 Å². The highest BCUT2D eigenvalue weighted by Gasteiger charge is 2.24. The first kappa shape index (κ1) is 13.8.